The van der Waals surface area contributed by atoms with Crippen molar-refractivity contribution in [3.8, 4) is 0 Å². The molecule has 1 aromatic carbocycles. The monoisotopic (exact) mass is 245 g/mol. The van der Waals surface area contributed by atoms with E-state index in [0.717, 1.165) is 6.54 Å². The Hall–Kier alpha value is -2.30. The van der Waals surface area contributed by atoms with Gasteiger partial charge in [0.1, 0.15) is 0 Å². The predicted molar refractivity (Wildman–Crippen MR) is 68.7 cm³/mol. The predicted octanol–water partition coefficient (Wildman–Crippen LogP) is 2.08. The molecule has 94 valence electrons. The van der Waals surface area contributed by atoms with Crippen molar-refractivity contribution in [2.45, 2.75) is 19.5 Å². The van der Waals surface area contributed by atoms with E-state index in [1.165, 1.54) is 0 Å². The summed E-state index contributed by atoms with van der Waals surface area (Å²) in [5.74, 6) is -0.923. The van der Waals surface area contributed by atoms with Crippen molar-refractivity contribution in [2.75, 3.05) is 5.32 Å². The largest absolute Gasteiger partial charge is 0.478 e. The molecule has 18 heavy (non-hydrogen) atoms. The molecule has 2 aromatic rings. The maximum Gasteiger partial charge on any atom is 0.337 e. The summed E-state index contributed by atoms with van der Waals surface area (Å²) in [4.78, 5) is 15.0. The van der Waals surface area contributed by atoms with Gasteiger partial charge < -0.3 is 15.0 Å². The molecule has 1 aromatic heterocycles. The van der Waals surface area contributed by atoms with E-state index in [1.807, 2.05) is 23.8 Å². The lowest BCUT2D eigenvalue weighted by Crippen LogP contribution is -2.22. The summed E-state index contributed by atoms with van der Waals surface area (Å²) in [6.07, 6.45) is 5.33. The number of aromatic carboxylic acids is 1. The van der Waals surface area contributed by atoms with Crippen LogP contribution in [0.25, 0.3) is 0 Å². The number of carboxylic acids is 1. The molecule has 1 heterocycles. The second kappa shape index (κ2) is 5.35. The molecule has 0 saturated heterocycles. The first-order chi connectivity index (χ1) is 8.66. The van der Waals surface area contributed by atoms with E-state index < -0.39 is 5.97 Å². The van der Waals surface area contributed by atoms with Crippen LogP contribution in [0.2, 0.25) is 0 Å². The topological polar surface area (TPSA) is 67.2 Å². The van der Waals surface area contributed by atoms with Crippen LogP contribution in [0.4, 0.5) is 5.69 Å². The molecule has 2 rings (SSSR count). The summed E-state index contributed by atoms with van der Waals surface area (Å²) in [6.45, 7) is 2.73. The van der Waals surface area contributed by atoms with Crippen LogP contribution in [-0.2, 0) is 6.54 Å². The Labute approximate surface area is 105 Å². The summed E-state index contributed by atoms with van der Waals surface area (Å²) in [5, 5.41) is 12.3. The highest BCUT2D eigenvalue weighted by molar-refractivity contribution is 5.94. The maximum absolute atomic E-state index is 11.1. The molecule has 5 nitrogen and oxygen atoms in total. The highest BCUT2D eigenvalue weighted by Crippen LogP contribution is 2.16. The van der Waals surface area contributed by atoms with Gasteiger partial charge in [-0.05, 0) is 19.1 Å². The summed E-state index contributed by atoms with van der Waals surface area (Å²) in [5.41, 5.74) is 0.924. The SMILES string of the molecule is CC(Cn1ccnc1)Nc1ccccc1C(=O)O. The van der Waals surface area contributed by atoms with Crippen LogP contribution in [-0.4, -0.2) is 26.7 Å². The zero-order valence-electron chi connectivity index (χ0n) is 10.1. The fourth-order valence-electron chi connectivity index (χ4n) is 1.82. The number of hydrogen-bond acceptors (Lipinski definition) is 3. The molecule has 0 spiro atoms. The molecule has 1 unspecified atom stereocenters. The third kappa shape index (κ3) is 2.88. The molecule has 0 aliphatic rings. The van der Waals surface area contributed by atoms with Crippen LogP contribution in [0.3, 0.4) is 0 Å². The number of aromatic nitrogens is 2. The Morgan fingerprint density at radius 3 is 2.94 bits per heavy atom. The minimum absolute atomic E-state index is 0.111. The minimum Gasteiger partial charge on any atom is -0.478 e. The molecular weight excluding hydrogens is 230 g/mol. The van der Waals surface area contributed by atoms with Crippen LogP contribution in [0, 0.1) is 0 Å². The smallest absolute Gasteiger partial charge is 0.337 e. The van der Waals surface area contributed by atoms with Gasteiger partial charge in [-0.1, -0.05) is 12.1 Å². The van der Waals surface area contributed by atoms with Crippen molar-refractivity contribution < 1.29 is 9.90 Å². The summed E-state index contributed by atoms with van der Waals surface area (Å²) in [6, 6.07) is 7.01. The number of anilines is 1. The molecule has 1 atom stereocenters. The number of carbonyl (C=O) groups is 1. The van der Waals surface area contributed by atoms with Gasteiger partial charge in [0.2, 0.25) is 0 Å². The van der Waals surface area contributed by atoms with E-state index in [4.69, 9.17) is 5.11 Å². The van der Waals surface area contributed by atoms with Gasteiger partial charge in [-0.25, -0.2) is 9.78 Å². The van der Waals surface area contributed by atoms with Crippen LogP contribution >= 0.6 is 0 Å². The van der Waals surface area contributed by atoms with Gasteiger partial charge in [0.05, 0.1) is 11.9 Å². The molecular formula is C13H15N3O2. The number of nitrogens with zero attached hydrogens (tertiary/aromatic N) is 2. The van der Waals surface area contributed by atoms with Gasteiger partial charge >= 0.3 is 5.97 Å². The van der Waals surface area contributed by atoms with Crippen molar-refractivity contribution in [2.24, 2.45) is 0 Å². The van der Waals surface area contributed by atoms with Crippen LogP contribution in [0.15, 0.2) is 43.0 Å². The fraction of sp³-hybridized carbons (Fsp3) is 0.231. The van der Waals surface area contributed by atoms with Gasteiger partial charge in [0.15, 0.2) is 0 Å². The zero-order chi connectivity index (χ0) is 13.0. The Kier molecular flexibility index (Phi) is 3.62. The Morgan fingerprint density at radius 1 is 1.50 bits per heavy atom. The fourth-order valence-corrected chi connectivity index (χ4v) is 1.82. The lowest BCUT2D eigenvalue weighted by Gasteiger charge is -2.17. The average Bonchev–Trinajstić information content (AvgIpc) is 2.82. The second-order valence-electron chi connectivity index (χ2n) is 4.16. The summed E-state index contributed by atoms with van der Waals surface area (Å²) >= 11 is 0. The molecule has 0 aliphatic heterocycles. The number of benzene rings is 1. The van der Waals surface area contributed by atoms with E-state index in [2.05, 4.69) is 10.3 Å². The molecule has 0 aliphatic carbocycles. The molecule has 0 saturated carbocycles. The first-order valence-corrected chi connectivity index (χ1v) is 5.71. The van der Waals surface area contributed by atoms with Crippen LogP contribution in [0.5, 0.6) is 0 Å². The lowest BCUT2D eigenvalue weighted by molar-refractivity contribution is 0.0698. The zero-order valence-corrected chi connectivity index (χ0v) is 10.1. The van der Waals surface area contributed by atoms with Crippen molar-refractivity contribution >= 4 is 11.7 Å². The Bertz CT molecular complexity index is 523. The molecule has 0 bridgehead atoms. The number of hydrogen-bond donors (Lipinski definition) is 2. The van der Waals surface area contributed by atoms with E-state index in [-0.39, 0.29) is 11.6 Å². The van der Waals surface area contributed by atoms with Gasteiger partial charge in [0, 0.05) is 30.7 Å². The average molecular weight is 245 g/mol. The lowest BCUT2D eigenvalue weighted by atomic mass is 10.1. The number of imidazole rings is 1. The van der Waals surface area contributed by atoms with Gasteiger partial charge in [-0.15, -0.1) is 0 Å². The third-order valence-electron chi connectivity index (χ3n) is 2.60. The number of rotatable bonds is 5. The summed E-state index contributed by atoms with van der Waals surface area (Å²) in [7, 11) is 0. The molecule has 5 heteroatoms. The highest BCUT2D eigenvalue weighted by Gasteiger charge is 2.11. The first-order valence-electron chi connectivity index (χ1n) is 5.71. The number of para-hydroxylation sites is 1. The van der Waals surface area contributed by atoms with Crippen LogP contribution < -0.4 is 5.32 Å². The van der Waals surface area contributed by atoms with Gasteiger partial charge in [-0.3, -0.25) is 0 Å². The third-order valence-corrected chi connectivity index (χ3v) is 2.60. The van der Waals surface area contributed by atoms with E-state index >= 15 is 0 Å². The number of carboxylic acid groups (broad SMARTS) is 1. The van der Waals surface area contributed by atoms with Crippen molar-refractivity contribution in [1.29, 1.82) is 0 Å². The minimum atomic E-state index is -0.923. The normalized spacial score (nSPS) is 12.1. The first kappa shape index (κ1) is 12.2. The van der Waals surface area contributed by atoms with Gasteiger partial charge in [-0.2, -0.15) is 0 Å². The van der Waals surface area contributed by atoms with E-state index in [9.17, 15) is 4.79 Å². The van der Waals surface area contributed by atoms with Crippen LogP contribution in [0.1, 0.15) is 17.3 Å². The molecule has 0 radical (unpaired) electrons. The van der Waals surface area contributed by atoms with Gasteiger partial charge in [0.25, 0.3) is 0 Å². The Balaban J connectivity index is 2.07. The summed E-state index contributed by atoms with van der Waals surface area (Å²) < 4.78 is 1.95. The van der Waals surface area contributed by atoms with Crippen molar-refractivity contribution in [3.63, 3.8) is 0 Å². The van der Waals surface area contributed by atoms with E-state index in [0.29, 0.717) is 5.69 Å². The standard InChI is InChI=1S/C13H15N3O2/c1-10(8-16-7-6-14-9-16)15-12-5-3-2-4-11(12)13(17)18/h2-7,9-10,15H,8H2,1H3,(H,17,18). The van der Waals surface area contributed by atoms with Crippen molar-refractivity contribution in [3.05, 3.63) is 48.5 Å². The van der Waals surface area contributed by atoms with E-state index in [1.54, 1.807) is 30.7 Å². The molecule has 0 amide bonds. The second-order valence-corrected chi connectivity index (χ2v) is 4.16. The maximum atomic E-state index is 11.1. The van der Waals surface area contributed by atoms with Crippen molar-refractivity contribution in [1.82, 2.24) is 9.55 Å². The molecule has 0 fully saturated rings. The number of nitrogens with one attached hydrogen (secondary N) is 1. The molecule has 2 N–H and O–H groups in total. The quantitative estimate of drug-likeness (QED) is 0.846. The Morgan fingerprint density at radius 2 is 2.28 bits per heavy atom. The highest BCUT2D eigenvalue weighted by atomic mass is 16.4.